The van der Waals surface area contributed by atoms with E-state index in [0.29, 0.717) is 13.2 Å². The van der Waals surface area contributed by atoms with Crippen molar-refractivity contribution in [1.82, 2.24) is 0 Å². The second kappa shape index (κ2) is 15.4. The Morgan fingerprint density at radius 3 is 1.65 bits per heavy atom. The Morgan fingerprint density at radius 1 is 0.692 bits per heavy atom. The summed E-state index contributed by atoms with van der Waals surface area (Å²) in [6.07, 6.45) is 9.70. The van der Waals surface area contributed by atoms with Crippen molar-refractivity contribution in [2.45, 2.75) is 79.1 Å². The molecule has 0 radical (unpaired) electrons. The van der Waals surface area contributed by atoms with Gasteiger partial charge in [-0.25, -0.2) is 0 Å². The molecule has 1 rings (SSSR count). The van der Waals surface area contributed by atoms with Crippen LogP contribution in [0.15, 0.2) is 30.3 Å². The zero-order chi connectivity index (χ0) is 19.0. The van der Waals surface area contributed by atoms with E-state index in [2.05, 4.69) is 27.7 Å². The summed E-state index contributed by atoms with van der Waals surface area (Å²) in [7, 11) is -1.30. The van der Waals surface area contributed by atoms with Crippen molar-refractivity contribution in [1.29, 1.82) is 0 Å². The second-order valence-electron chi connectivity index (χ2n) is 7.78. The first-order chi connectivity index (χ1) is 12.6. The third-order valence-electron chi connectivity index (χ3n) is 4.17. The number of benzene rings is 1. The minimum absolute atomic E-state index is 0.712. The van der Waals surface area contributed by atoms with E-state index >= 15 is 0 Å². The quantitative estimate of drug-likeness (QED) is 0.216. The smallest absolute Gasteiger partial charge is 0.397 e. The second-order valence-corrected chi connectivity index (χ2v) is 8.93. The van der Waals surface area contributed by atoms with Gasteiger partial charge in [0.1, 0.15) is 5.75 Å². The molecule has 3 nitrogen and oxygen atoms in total. The van der Waals surface area contributed by atoms with Crippen molar-refractivity contribution < 1.29 is 13.6 Å². The van der Waals surface area contributed by atoms with Crippen LogP contribution in [-0.2, 0) is 9.05 Å². The zero-order valence-corrected chi connectivity index (χ0v) is 18.2. The molecular formula is C22H39O3P. The Balaban J connectivity index is 2.25. The molecule has 4 heteroatoms. The van der Waals surface area contributed by atoms with Gasteiger partial charge in [0.15, 0.2) is 0 Å². The van der Waals surface area contributed by atoms with E-state index in [1.165, 1.54) is 38.5 Å². The number of hydrogen-bond donors (Lipinski definition) is 0. The molecule has 0 unspecified atom stereocenters. The molecule has 0 bridgehead atoms. The minimum Gasteiger partial charge on any atom is -0.427 e. The van der Waals surface area contributed by atoms with E-state index in [9.17, 15) is 0 Å². The molecule has 0 aliphatic carbocycles. The summed E-state index contributed by atoms with van der Waals surface area (Å²) < 4.78 is 17.8. The topological polar surface area (TPSA) is 27.7 Å². The number of hydrogen-bond acceptors (Lipinski definition) is 3. The highest BCUT2D eigenvalue weighted by Crippen LogP contribution is 2.41. The first-order valence-electron chi connectivity index (χ1n) is 10.4. The molecule has 0 atom stereocenters. The van der Waals surface area contributed by atoms with E-state index in [0.717, 1.165) is 30.4 Å². The molecule has 0 saturated carbocycles. The summed E-state index contributed by atoms with van der Waals surface area (Å²) in [6, 6.07) is 9.84. The highest BCUT2D eigenvalue weighted by molar-refractivity contribution is 7.42. The molecule has 1 aromatic rings. The van der Waals surface area contributed by atoms with Gasteiger partial charge in [0.2, 0.25) is 0 Å². The van der Waals surface area contributed by atoms with Gasteiger partial charge in [0.25, 0.3) is 0 Å². The Labute approximate surface area is 162 Å². The Morgan fingerprint density at radius 2 is 1.19 bits per heavy atom. The SMILES string of the molecule is CC(C)CCCCCOP(OCCCCCC(C)C)Oc1ccccc1. The molecule has 0 spiro atoms. The summed E-state index contributed by atoms with van der Waals surface area (Å²) in [5, 5.41) is 0. The fourth-order valence-electron chi connectivity index (χ4n) is 2.60. The van der Waals surface area contributed by atoms with Crippen LogP contribution >= 0.6 is 8.60 Å². The zero-order valence-electron chi connectivity index (χ0n) is 17.3. The van der Waals surface area contributed by atoms with E-state index in [1.807, 2.05) is 30.3 Å². The Kier molecular flexibility index (Phi) is 13.9. The van der Waals surface area contributed by atoms with Crippen molar-refractivity contribution in [3.8, 4) is 5.75 Å². The third kappa shape index (κ3) is 13.6. The number of rotatable bonds is 16. The third-order valence-corrected chi connectivity index (χ3v) is 5.31. The van der Waals surface area contributed by atoms with E-state index in [1.54, 1.807) is 0 Å². The fourth-order valence-corrected chi connectivity index (χ4v) is 3.63. The molecular weight excluding hydrogens is 343 g/mol. The van der Waals surface area contributed by atoms with Crippen molar-refractivity contribution >= 4 is 8.60 Å². The van der Waals surface area contributed by atoms with Crippen LogP contribution in [-0.4, -0.2) is 13.2 Å². The highest BCUT2D eigenvalue weighted by atomic mass is 31.2. The maximum Gasteiger partial charge on any atom is 0.397 e. The van der Waals surface area contributed by atoms with Crippen LogP contribution in [0.3, 0.4) is 0 Å². The van der Waals surface area contributed by atoms with E-state index < -0.39 is 8.60 Å². The largest absolute Gasteiger partial charge is 0.427 e. The Bertz CT molecular complexity index is 403. The average molecular weight is 383 g/mol. The van der Waals surface area contributed by atoms with Crippen LogP contribution in [0.4, 0.5) is 0 Å². The van der Waals surface area contributed by atoms with Crippen LogP contribution in [0, 0.1) is 11.8 Å². The van der Waals surface area contributed by atoms with Crippen LogP contribution < -0.4 is 4.52 Å². The van der Waals surface area contributed by atoms with Crippen molar-refractivity contribution in [2.75, 3.05) is 13.2 Å². The number of para-hydroxylation sites is 1. The predicted octanol–water partition coefficient (Wildman–Crippen LogP) is 7.76. The van der Waals surface area contributed by atoms with Gasteiger partial charge >= 0.3 is 8.60 Å². The fraction of sp³-hybridized carbons (Fsp3) is 0.727. The lowest BCUT2D eigenvalue weighted by atomic mass is 10.1. The van der Waals surface area contributed by atoms with Crippen LogP contribution in [0.1, 0.15) is 79.1 Å². The molecule has 0 N–H and O–H groups in total. The van der Waals surface area contributed by atoms with Gasteiger partial charge in [0.05, 0.1) is 13.2 Å². The lowest BCUT2D eigenvalue weighted by Crippen LogP contribution is -2.01. The summed E-state index contributed by atoms with van der Waals surface area (Å²) in [5.74, 6) is 2.39. The highest BCUT2D eigenvalue weighted by Gasteiger charge is 2.14. The molecule has 1 aromatic carbocycles. The maximum absolute atomic E-state index is 5.92. The van der Waals surface area contributed by atoms with Crippen molar-refractivity contribution in [2.24, 2.45) is 11.8 Å². The molecule has 0 aliphatic rings. The molecule has 0 heterocycles. The van der Waals surface area contributed by atoms with Crippen molar-refractivity contribution in [3.63, 3.8) is 0 Å². The summed E-state index contributed by atoms with van der Waals surface area (Å²) >= 11 is 0. The Hall–Kier alpha value is -0.630. The van der Waals surface area contributed by atoms with Crippen LogP contribution in [0.5, 0.6) is 5.75 Å². The van der Waals surface area contributed by atoms with Gasteiger partial charge in [-0.2, -0.15) is 0 Å². The molecule has 0 fully saturated rings. The molecule has 0 saturated heterocycles. The normalized spacial score (nSPS) is 11.7. The molecule has 0 amide bonds. The van der Waals surface area contributed by atoms with Gasteiger partial charge in [-0.15, -0.1) is 0 Å². The first-order valence-corrected chi connectivity index (χ1v) is 11.5. The molecule has 0 aliphatic heterocycles. The first kappa shape index (κ1) is 23.4. The summed E-state index contributed by atoms with van der Waals surface area (Å²) in [5.41, 5.74) is 0. The van der Waals surface area contributed by atoms with Gasteiger partial charge in [0, 0.05) is 0 Å². The predicted molar refractivity (Wildman–Crippen MR) is 113 cm³/mol. The number of unbranched alkanes of at least 4 members (excludes halogenated alkanes) is 4. The van der Waals surface area contributed by atoms with Gasteiger partial charge < -0.3 is 13.6 Å². The van der Waals surface area contributed by atoms with Gasteiger partial charge in [-0.3, -0.25) is 0 Å². The lowest BCUT2D eigenvalue weighted by molar-refractivity contribution is 0.198. The molecule has 150 valence electrons. The molecule has 26 heavy (non-hydrogen) atoms. The van der Waals surface area contributed by atoms with Crippen LogP contribution in [0.2, 0.25) is 0 Å². The van der Waals surface area contributed by atoms with Crippen LogP contribution in [0.25, 0.3) is 0 Å². The molecule has 0 aromatic heterocycles. The van der Waals surface area contributed by atoms with E-state index in [4.69, 9.17) is 13.6 Å². The monoisotopic (exact) mass is 382 g/mol. The average Bonchev–Trinajstić information content (AvgIpc) is 2.61. The van der Waals surface area contributed by atoms with Gasteiger partial charge in [-0.05, 0) is 36.8 Å². The maximum atomic E-state index is 5.92. The van der Waals surface area contributed by atoms with E-state index in [-0.39, 0.29) is 0 Å². The summed E-state index contributed by atoms with van der Waals surface area (Å²) in [4.78, 5) is 0. The minimum atomic E-state index is -1.30. The summed E-state index contributed by atoms with van der Waals surface area (Å²) in [6.45, 7) is 10.5. The lowest BCUT2D eigenvalue weighted by Gasteiger charge is -2.17. The van der Waals surface area contributed by atoms with Gasteiger partial charge in [-0.1, -0.05) is 84.4 Å². The van der Waals surface area contributed by atoms with Crippen molar-refractivity contribution in [3.05, 3.63) is 30.3 Å². The standard InChI is InChI=1S/C22H39O3P/c1-20(2)14-8-6-12-18-23-26(25-22-16-10-5-11-17-22)24-19-13-7-9-15-21(3)4/h5,10-11,16-17,20-21H,6-9,12-15,18-19H2,1-4H3.